The molecule has 3 aromatic rings. The largest absolute Gasteiger partial charge is 0.508 e. The summed E-state index contributed by atoms with van der Waals surface area (Å²) in [7, 11) is 0. The molecule has 1 fully saturated rings. The molecule has 3 aromatic carbocycles. The number of ether oxygens (including phenoxy) is 1. The number of nitrogens with zero attached hydrogens (tertiary/aromatic N) is 2. The first kappa shape index (κ1) is 26.6. The third-order valence-electron chi connectivity index (χ3n) is 7.00. The first-order valence-corrected chi connectivity index (χ1v) is 13.1. The third-order valence-corrected chi connectivity index (χ3v) is 7.00. The molecule has 1 amide bonds. The molecule has 6 nitrogen and oxygen atoms in total. The summed E-state index contributed by atoms with van der Waals surface area (Å²) >= 11 is 0. The normalized spacial score (nSPS) is 17.0. The van der Waals surface area contributed by atoms with Crippen molar-refractivity contribution in [1.82, 2.24) is 10.2 Å². The Balaban J connectivity index is 1.34. The molecule has 0 saturated carbocycles. The van der Waals surface area contributed by atoms with Crippen molar-refractivity contribution in [3.05, 3.63) is 83.4 Å². The van der Waals surface area contributed by atoms with Crippen molar-refractivity contribution in [3.63, 3.8) is 0 Å². The number of phenols is 1. The lowest BCUT2D eigenvalue weighted by atomic mass is 10.0. The maximum atomic E-state index is 13.1. The van der Waals surface area contributed by atoms with Crippen LogP contribution in [0, 0.1) is 19.8 Å². The highest BCUT2D eigenvalue weighted by Gasteiger charge is 2.27. The molecule has 0 spiro atoms. The fourth-order valence-electron chi connectivity index (χ4n) is 5.01. The number of nitrogens with one attached hydrogen (secondary N) is 1. The predicted molar refractivity (Wildman–Crippen MR) is 150 cm³/mol. The van der Waals surface area contributed by atoms with E-state index in [-0.39, 0.29) is 11.9 Å². The van der Waals surface area contributed by atoms with Crippen LogP contribution >= 0.6 is 0 Å². The van der Waals surface area contributed by atoms with Crippen molar-refractivity contribution in [3.8, 4) is 17.2 Å². The van der Waals surface area contributed by atoms with Gasteiger partial charge in [-0.25, -0.2) is 0 Å². The van der Waals surface area contributed by atoms with Gasteiger partial charge in [0.15, 0.2) is 0 Å². The van der Waals surface area contributed by atoms with Crippen LogP contribution in [0.25, 0.3) is 0 Å². The second kappa shape index (κ2) is 11.7. The molecule has 196 valence electrons. The predicted octanol–water partition coefficient (Wildman–Crippen LogP) is 5.77. The van der Waals surface area contributed by atoms with Crippen LogP contribution in [0.4, 0.5) is 5.69 Å². The Labute approximate surface area is 220 Å². The molecular weight excluding hydrogens is 462 g/mol. The van der Waals surface area contributed by atoms with E-state index >= 15 is 0 Å². The molecule has 2 N–H and O–H groups in total. The molecule has 37 heavy (non-hydrogen) atoms. The summed E-state index contributed by atoms with van der Waals surface area (Å²) in [4.78, 5) is 17.9. The molecule has 1 aliphatic heterocycles. The maximum absolute atomic E-state index is 13.1. The molecule has 0 unspecified atom stereocenters. The molecule has 0 aromatic heterocycles. The Morgan fingerprint density at radius 1 is 1.00 bits per heavy atom. The highest BCUT2D eigenvalue weighted by atomic mass is 16.5. The van der Waals surface area contributed by atoms with E-state index in [1.165, 1.54) is 0 Å². The Morgan fingerprint density at radius 3 is 2.32 bits per heavy atom. The van der Waals surface area contributed by atoms with Crippen LogP contribution in [0.2, 0.25) is 0 Å². The molecule has 0 bridgehead atoms. The molecule has 2 atom stereocenters. The summed E-state index contributed by atoms with van der Waals surface area (Å²) in [5.41, 5.74) is 3.98. The molecule has 0 aliphatic carbocycles. The van der Waals surface area contributed by atoms with Crippen molar-refractivity contribution in [2.75, 3.05) is 31.1 Å². The standard InChI is InChI=1S/C31H39N3O3/c1-21(2)30(20-33-13-14-34(24(5)19-33)26-7-6-8-27(35)18-26)32-31(36)25-9-11-28(12-10-25)37-29-16-22(3)15-23(4)17-29/h6-12,15-18,21,24,30,35H,13-14,19-20H2,1-5H3,(H,32,36)/t24-,30+/m0/s1. The van der Waals surface area contributed by atoms with E-state index in [1.54, 1.807) is 6.07 Å². The van der Waals surface area contributed by atoms with Gasteiger partial charge in [-0.1, -0.05) is 26.0 Å². The van der Waals surface area contributed by atoms with E-state index in [4.69, 9.17) is 4.74 Å². The molecule has 6 heteroatoms. The average molecular weight is 502 g/mol. The average Bonchev–Trinajstić information content (AvgIpc) is 2.83. The molecular formula is C31H39N3O3. The Bertz CT molecular complexity index is 1190. The highest BCUT2D eigenvalue weighted by Crippen LogP contribution is 2.26. The van der Waals surface area contributed by atoms with Gasteiger partial charge in [-0.2, -0.15) is 0 Å². The lowest BCUT2D eigenvalue weighted by molar-refractivity contribution is 0.0903. The lowest BCUT2D eigenvalue weighted by Crippen LogP contribution is -2.56. The summed E-state index contributed by atoms with van der Waals surface area (Å²) in [5, 5.41) is 13.1. The van der Waals surface area contributed by atoms with Crippen molar-refractivity contribution in [1.29, 1.82) is 0 Å². The maximum Gasteiger partial charge on any atom is 0.251 e. The Morgan fingerprint density at radius 2 is 1.70 bits per heavy atom. The lowest BCUT2D eigenvalue weighted by Gasteiger charge is -2.42. The Hall–Kier alpha value is -3.51. The number of anilines is 1. The zero-order chi connectivity index (χ0) is 26.5. The van der Waals surface area contributed by atoms with Crippen LogP contribution in [0.3, 0.4) is 0 Å². The number of hydrogen-bond acceptors (Lipinski definition) is 5. The minimum atomic E-state index is -0.0666. The van der Waals surface area contributed by atoms with Crippen molar-refractivity contribution in [2.24, 2.45) is 5.92 Å². The first-order valence-electron chi connectivity index (χ1n) is 13.1. The number of piperazine rings is 1. The van der Waals surface area contributed by atoms with Crippen molar-refractivity contribution >= 4 is 11.6 Å². The molecule has 4 rings (SSSR count). The van der Waals surface area contributed by atoms with Crippen LogP contribution in [0.15, 0.2) is 66.7 Å². The van der Waals surface area contributed by atoms with E-state index in [0.717, 1.165) is 48.7 Å². The van der Waals surface area contributed by atoms with Gasteiger partial charge in [0.1, 0.15) is 17.2 Å². The topological polar surface area (TPSA) is 65.0 Å². The SMILES string of the molecule is Cc1cc(C)cc(Oc2ccc(C(=O)N[C@H](CN3CCN(c4cccc(O)c4)[C@@H](C)C3)C(C)C)cc2)c1. The van der Waals surface area contributed by atoms with E-state index in [0.29, 0.717) is 29.0 Å². The van der Waals surface area contributed by atoms with Gasteiger partial charge in [0.2, 0.25) is 0 Å². The molecule has 1 saturated heterocycles. The van der Waals surface area contributed by atoms with Gasteiger partial charge in [0, 0.05) is 55.6 Å². The van der Waals surface area contributed by atoms with Gasteiger partial charge >= 0.3 is 0 Å². The number of carbonyl (C=O) groups is 1. The Kier molecular flexibility index (Phi) is 8.39. The zero-order valence-electron chi connectivity index (χ0n) is 22.6. The first-order chi connectivity index (χ1) is 17.7. The van der Waals surface area contributed by atoms with Gasteiger partial charge in [0.25, 0.3) is 5.91 Å². The van der Waals surface area contributed by atoms with Crippen LogP contribution in [0.5, 0.6) is 17.2 Å². The smallest absolute Gasteiger partial charge is 0.251 e. The van der Waals surface area contributed by atoms with Gasteiger partial charge in [-0.05, 0) is 86.3 Å². The minimum Gasteiger partial charge on any atom is -0.508 e. The summed E-state index contributed by atoms with van der Waals surface area (Å²) in [6, 6.07) is 21.3. The molecule has 0 radical (unpaired) electrons. The number of aryl methyl sites for hydroxylation is 2. The molecule has 1 heterocycles. The number of phenolic OH excluding ortho intramolecular Hbond substituents is 1. The number of aromatic hydroxyl groups is 1. The van der Waals surface area contributed by atoms with Crippen LogP contribution in [-0.4, -0.2) is 54.2 Å². The highest BCUT2D eigenvalue weighted by molar-refractivity contribution is 5.94. The monoisotopic (exact) mass is 501 g/mol. The van der Waals surface area contributed by atoms with Crippen LogP contribution < -0.4 is 15.0 Å². The molecule has 1 aliphatic rings. The zero-order valence-corrected chi connectivity index (χ0v) is 22.6. The summed E-state index contributed by atoms with van der Waals surface area (Å²) in [5.74, 6) is 2.03. The van der Waals surface area contributed by atoms with Crippen molar-refractivity contribution < 1.29 is 14.6 Å². The van der Waals surface area contributed by atoms with E-state index in [2.05, 4.69) is 42.0 Å². The van der Waals surface area contributed by atoms with Gasteiger partial charge in [-0.3, -0.25) is 9.69 Å². The fourth-order valence-corrected chi connectivity index (χ4v) is 5.01. The summed E-state index contributed by atoms with van der Waals surface area (Å²) < 4.78 is 6.00. The third kappa shape index (κ3) is 7.04. The summed E-state index contributed by atoms with van der Waals surface area (Å²) in [6.45, 7) is 14.1. The van der Waals surface area contributed by atoms with Crippen LogP contribution in [0.1, 0.15) is 42.3 Å². The van der Waals surface area contributed by atoms with Crippen LogP contribution in [-0.2, 0) is 0 Å². The number of amides is 1. The fraction of sp³-hybridized carbons (Fsp3) is 0.387. The second-order valence-corrected chi connectivity index (χ2v) is 10.6. The number of hydrogen-bond donors (Lipinski definition) is 2. The van der Waals surface area contributed by atoms with Crippen molar-refractivity contribution in [2.45, 2.75) is 46.7 Å². The quantitative estimate of drug-likeness (QED) is 0.410. The van der Waals surface area contributed by atoms with E-state index in [1.807, 2.05) is 68.4 Å². The van der Waals surface area contributed by atoms with E-state index in [9.17, 15) is 9.90 Å². The van der Waals surface area contributed by atoms with Gasteiger partial charge in [-0.15, -0.1) is 0 Å². The number of carbonyl (C=O) groups excluding carboxylic acids is 1. The number of rotatable bonds is 8. The number of benzene rings is 3. The minimum absolute atomic E-state index is 0.0400. The van der Waals surface area contributed by atoms with E-state index < -0.39 is 0 Å². The van der Waals surface area contributed by atoms with Gasteiger partial charge < -0.3 is 20.1 Å². The second-order valence-electron chi connectivity index (χ2n) is 10.6. The van der Waals surface area contributed by atoms with Gasteiger partial charge in [0.05, 0.1) is 0 Å². The summed E-state index contributed by atoms with van der Waals surface area (Å²) in [6.07, 6.45) is 0.